The molecule has 0 aromatic carbocycles. The van der Waals surface area contributed by atoms with Crippen LogP contribution in [-0.2, 0) is 6.42 Å². The molecule has 19 heavy (non-hydrogen) atoms. The van der Waals surface area contributed by atoms with Crippen LogP contribution in [0.5, 0.6) is 0 Å². The second kappa shape index (κ2) is 6.13. The second-order valence-corrected chi connectivity index (χ2v) is 4.58. The van der Waals surface area contributed by atoms with Crippen LogP contribution in [0.1, 0.15) is 25.6 Å². The van der Waals surface area contributed by atoms with Gasteiger partial charge in [0.2, 0.25) is 0 Å². The van der Waals surface area contributed by atoms with E-state index in [1.807, 2.05) is 32.0 Å². The molecule has 0 bridgehead atoms. The summed E-state index contributed by atoms with van der Waals surface area (Å²) in [5.41, 5.74) is 0.911. The van der Waals surface area contributed by atoms with Crippen molar-refractivity contribution in [3.05, 3.63) is 52.8 Å². The zero-order valence-electron chi connectivity index (χ0n) is 11.2. The Balaban J connectivity index is 2.01. The fourth-order valence-corrected chi connectivity index (χ4v) is 1.81. The summed E-state index contributed by atoms with van der Waals surface area (Å²) in [6.07, 6.45) is 5.88. The molecule has 0 saturated heterocycles. The largest absolute Gasteiger partial charge is 0.365 e. The lowest BCUT2D eigenvalue weighted by atomic mass is 10.3. The van der Waals surface area contributed by atoms with Gasteiger partial charge in [-0.1, -0.05) is 6.07 Å². The molecule has 0 saturated carbocycles. The van der Waals surface area contributed by atoms with E-state index >= 15 is 0 Å². The van der Waals surface area contributed by atoms with E-state index < -0.39 is 0 Å². The van der Waals surface area contributed by atoms with E-state index in [-0.39, 0.29) is 11.6 Å². The third kappa shape index (κ3) is 3.40. The average molecular weight is 258 g/mol. The van der Waals surface area contributed by atoms with Gasteiger partial charge < -0.3 is 9.88 Å². The van der Waals surface area contributed by atoms with Crippen molar-refractivity contribution >= 4 is 5.82 Å². The third-order valence-corrected chi connectivity index (χ3v) is 2.82. The summed E-state index contributed by atoms with van der Waals surface area (Å²) in [6.45, 7) is 4.58. The van der Waals surface area contributed by atoms with E-state index in [4.69, 9.17) is 0 Å². The van der Waals surface area contributed by atoms with Crippen LogP contribution >= 0.6 is 0 Å². The normalized spacial score (nSPS) is 10.7. The van der Waals surface area contributed by atoms with Gasteiger partial charge in [-0.3, -0.25) is 9.78 Å². The molecule has 0 radical (unpaired) electrons. The Morgan fingerprint density at radius 3 is 2.79 bits per heavy atom. The van der Waals surface area contributed by atoms with E-state index in [9.17, 15) is 4.79 Å². The quantitative estimate of drug-likeness (QED) is 0.889. The SMILES string of the molecule is CC(C)n1ccnc(NCCc2ccccn2)c1=O. The highest BCUT2D eigenvalue weighted by Crippen LogP contribution is 2.02. The molecule has 0 unspecified atom stereocenters. The lowest BCUT2D eigenvalue weighted by molar-refractivity contribution is 0.575. The number of aromatic nitrogens is 3. The summed E-state index contributed by atoms with van der Waals surface area (Å²) < 4.78 is 1.66. The molecule has 0 amide bonds. The molecule has 2 aromatic rings. The maximum atomic E-state index is 12.1. The average Bonchev–Trinajstić information content (AvgIpc) is 2.41. The monoisotopic (exact) mass is 258 g/mol. The maximum Gasteiger partial charge on any atom is 0.293 e. The fraction of sp³-hybridized carbons (Fsp3) is 0.357. The van der Waals surface area contributed by atoms with E-state index in [2.05, 4.69) is 15.3 Å². The molecule has 1 N–H and O–H groups in total. The second-order valence-electron chi connectivity index (χ2n) is 4.58. The zero-order chi connectivity index (χ0) is 13.7. The Kier molecular flexibility index (Phi) is 4.28. The van der Waals surface area contributed by atoms with E-state index in [0.717, 1.165) is 12.1 Å². The van der Waals surface area contributed by atoms with Crippen molar-refractivity contribution in [1.82, 2.24) is 14.5 Å². The molecule has 0 spiro atoms. The molecule has 0 aliphatic heterocycles. The topological polar surface area (TPSA) is 59.8 Å². The molecule has 2 aromatic heterocycles. The van der Waals surface area contributed by atoms with Gasteiger partial charge >= 0.3 is 0 Å². The maximum absolute atomic E-state index is 12.1. The molecule has 2 heterocycles. The van der Waals surface area contributed by atoms with Crippen LogP contribution in [-0.4, -0.2) is 21.1 Å². The van der Waals surface area contributed by atoms with Crippen molar-refractivity contribution in [2.75, 3.05) is 11.9 Å². The van der Waals surface area contributed by atoms with E-state index in [0.29, 0.717) is 12.4 Å². The summed E-state index contributed by atoms with van der Waals surface area (Å²) in [4.78, 5) is 20.4. The van der Waals surface area contributed by atoms with Crippen molar-refractivity contribution in [1.29, 1.82) is 0 Å². The predicted octanol–water partition coefficient (Wildman–Crippen LogP) is 1.87. The lowest BCUT2D eigenvalue weighted by Crippen LogP contribution is -2.26. The van der Waals surface area contributed by atoms with Gasteiger partial charge in [0.1, 0.15) is 0 Å². The summed E-state index contributed by atoms with van der Waals surface area (Å²) >= 11 is 0. The van der Waals surface area contributed by atoms with Crippen LogP contribution in [0.2, 0.25) is 0 Å². The highest BCUT2D eigenvalue weighted by atomic mass is 16.1. The predicted molar refractivity (Wildman–Crippen MR) is 75.3 cm³/mol. The number of nitrogens with one attached hydrogen (secondary N) is 1. The minimum Gasteiger partial charge on any atom is -0.365 e. The minimum absolute atomic E-state index is 0.0847. The summed E-state index contributed by atoms with van der Waals surface area (Å²) in [5, 5.41) is 3.07. The Labute approximate surface area is 112 Å². The first-order chi connectivity index (χ1) is 9.18. The first-order valence-corrected chi connectivity index (χ1v) is 6.39. The Hall–Kier alpha value is -2.17. The lowest BCUT2D eigenvalue weighted by Gasteiger charge is -2.11. The Bertz CT molecular complexity index is 577. The molecular weight excluding hydrogens is 240 g/mol. The van der Waals surface area contributed by atoms with Crippen molar-refractivity contribution in [2.45, 2.75) is 26.3 Å². The molecular formula is C14H18N4O. The third-order valence-electron chi connectivity index (χ3n) is 2.82. The number of hydrogen-bond acceptors (Lipinski definition) is 4. The van der Waals surface area contributed by atoms with Crippen molar-refractivity contribution in [3.8, 4) is 0 Å². The van der Waals surface area contributed by atoms with Gasteiger partial charge in [-0.25, -0.2) is 4.98 Å². The molecule has 0 fully saturated rings. The molecule has 0 aliphatic rings. The highest BCUT2D eigenvalue weighted by Gasteiger charge is 2.06. The molecule has 2 rings (SSSR count). The smallest absolute Gasteiger partial charge is 0.293 e. The molecule has 5 heteroatoms. The standard InChI is InChI=1S/C14H18N4O/c1-11(2)18-10-9-17-13(14(18)19)16-8-6-12-5-3-4-7-15-12/h3-5,7,9-11H,6,8H2,1-2H3,(H,16,17). The van der Waals surface area contributed by atoms with Crippen LogP contribution in [0.25, 0.3) is 0 Å². The Morgan fingerprint density at radius 1 is 1.26 bits per heavy atom. The van der Waals surface area contributed by atoms with Crippen molar-refractivity contribution in [2.24, 2.45) is 0 Å². The van der Waals surface area contributed by atoms with Crippen LogP contribution in [0.3, 0.4) is 0 Å². The zero-order valence-corrected chi connectivity index (χ0v) is 11.2. The van der Waals surface area contributed by atoms with Crippen LogP contribution in [0.4, 0.5) is 5.82 Å². The Morgan fingerprint density at radius 2 is 2.11 bits per heavy atom. The van der Waals surface area contributed by atoms with Gasteiger partial charge in [-0.2, -0.15) is 0 Å². The van der Waals surface area contributed by atoms with Gasteiger partial charge in [-0.05, 0) is 26.0 Å². The minimum atomic E-state index is -0.0847. The summed E-state index contributed by atoms with van der Waals surface area (Å²) in [6, 6.07) is 5.94. The number of anilines is 1. The number of rotatable bonds is 5. The van der Waals surface area contributed by atoms with E-state index in [1.54, 1.807) is 23.2 Å². The molecule has 5 nitrogen and oxygen atoms in total. The first kappa shape index (κ1) is 13.3. The number of hydrogen-bond donors (Lipinski definition) is 1. The number of nitrogens with zero attached hydrogens (tertiary/aromatic N) is 3. The number of pyridine rings is 1. The molecule has 0 aliphatic carbocycles. The van der Waals surface area contributed by atoms with Crippen molar-refractivity contribution < 1.29 is 0 Å². The van der Waals surface area contributed by atoms with Gasteiger partial charge in [-0.15, -0.1) is 0 Å². The van der Waals surface area contributed by atoms with Crippen LogP contribution in [0.15, 0.2) is 41.6 Å². The van der Waals surface area contributed by atoms with Crippen LogP contribution in [0, 0.1) is 0 Å². The van der Waals surface area contributed by atoms with Crippen LogP contribution < -0.4 is 10.9 Å². The van der Waals surface area contributed by atoms with Gasteiger partial charge in [0.15, 0.2) is 5.82 Å². The van der Waals surface area contributed by atoms with Gasteiger partial charge in [0.25, 0.3) is 5.56 Å². The van der Waals surface area contributed by atoms with Crippen molar-refractivity contribution in [3.63, 3.8) is 0 Å². The van der Waals surface area contributed by atoms with E-state index in [1.165, 1.54) is 0 Å². The molecule has 0 atom stereocenters. The highest BCUT2D eigenvalue weighted by molar-refractivity contribution is 5.31. The van der Waals surface area contributed by atoms with Gasteiger partial charge in [0, 0.05) is 43.3 Å². The first-order valence-electron chi connectivity index (χ1n) is 6.39. The summed E-state index contributed by atoms with van der Waals surface area (Å²) in [5.74, 6) is 0.395. The van der Waals surface area contributed by atoms with Gasteiger partial charge in [0.05, 0.1) is 0 Å². The molecule has 100 valence electrons. The fourth-order valence-electron chi connectivity index (χ4n) is 1.81. The summed E-state index contributed by atoms with van der Waals surface area (Å²) in [7, 11) is 0.